The monoisotopic (exact) mass is 337 g/mol. The maximum Gasteiger partial charge on any atom is 0.330 e. The van der Waals surface area contributed by atoms with Crippen LogP contribution >= 0.6 is 0 Å². The third-order valence-corrected chi connectivity index (χ3v) is 3.99. The number of rotatable bonds is 5. The molecule has 0 spiro atoms. The summed E-state index contributed by atoms with van der Waals surface area (Å²) in [5.74, 6) is -0.278. The zero-order valence-corrected chi connectivity index (χ0v) is 13.8. The van der Waals surface area contributed by atoms with Crippen LogP contribution in [0.3, 0.4) is 0 Å². The lowest BCUT2D eigenvalue weighted by atomic mass is 10.1. The normalized spacial score (nSPS) is 11.9. The average molecular weight is 337 g/mol. The van der Waals surface area contributed by atoms with Gasteiger partial charge in [-0.3, -0.25) is 9.36 Å². The van der Waals surface area contributed by atoms with Crippen molar-refractivity contribution in [1.29, 1.82) is 0 Å². The number of hydrogen-bond donors (Lipinski definition) is 3. The summed E-state index contributed by atoms with van der Waals surface area (Å²) in [4.78, 5) is 26.6. The first kappa shape index (κ1) is 16.7. The molecule has 0 radical (unpaired) electrons. The number of aliphatic hydroxyl groups excluding tert-OH is 1. The zero-order valence-electron chi connectivity index (χ0n) is 13.8. The van der Waals surface area contributed by atoms with Crippen molar-refractivity contribution in [3.05, 3.63) is 88.1 Å². The fraction of sp³-hybridized carbons (Fsp3) is 0.158. The number of aryl methyl sites for hydroxylation is 1. The molecule has 0 aliphatic rings. The van der Waals surface area contributed by atoms with Crippen LogP contribution in [-0.2, 0) is 0 Å². The summed E-state index contributed by atoms with van der Waals surface area (Å²) in [5, 5.41) is 12.8. The van der Waals surface area contributed by atoms with Crippen molar-refractivity contribution in [2.24, 2.45) is 0 Å². The van der Waals surface area contributed by atoms with Gasteiger partial charge in [0, 0.05) is 24.0 Å². The number of hydrogen-bond acceptors (Lipinski definition) is 3. The van der Waals surface area contributed by atoms with E-state index in [2.05, 4.69) is 10.3 Å². The Hall–Kier alpha value is -3.12. The van der Waals surface area contributed by atoms with E-state index in [0.29, 0.717) is 11.3 Å². The molecule has 1 heterocycles. The van der Waals surface area contributed by atoms with Crippen molar-refractivity contribution in [3.63, 3.8) is 0 Å². The fourth-order valence-electron chi connectivity index (χ4n) is 2.62. The van der Waals surface area contributed by atoms with Gasteiger partial charge in [0.1, 0.15) is 0 Å². The maximum absolute atomic E-state index is 12.2. The number of imidazole rings is 1. The Bertz CT molecular complexity index is 911. The predicted molar refractivity (Wildman–Crippen MR) is 94.9 cm³/mol. The fourth-order valence-corrected chi connectivity index (χ4v) is 2.62. The number of benzene rings is 2. The molecule has 3 aromatic rings. The molecule has 0 saturated heterocycles. The van der Waals surface area contributed by atoms with E-state index in [9.17, 15) is 14.7 Å². The molecular weight excluding hydrogens is 318 g/mol. The first-order valence-corrected chi connectivity index (χ1v) is 7.95. The minimum atomic E-state index is -0.759. The van der Waals surface area contributed by atoms with Crippen LogP contribution in [0.5, 0.6) is 0 Å². The molecule has 1 aromatic heterocycles. The number of aliphatic hydroxyl groups is 1. The highest BCUT2D eigenvalue weighted by Crippen LogP contribution is 2.12. The predicted octanol–water partition coefficient (Wildman–Crippen LogP) is 1.94. The van der Waals surface area contributed by atoms with Gasteiger partial charge in [-0.2, -0.15) is 0 Å². The molecule has 0 aliphatic heterocycles. The van der Waals surface area contributed by atoms with Crippen LogP contribution in [-0.4, -0.2) is 27.1 Å². The minimum Gasteiger partial charge on any atom is -0.387 e. The first-order valence-electron chi connectivity index (χ1n) is 7.95. The molecule has 3 N–H and O–H groups in total. The van der Waals surface area contributed by atoms with Crippen LogP contribution in [0.25, 0.3) is 5.69 Å². The molecule has 0 unspecified atom stereocenters. The summed E-state index contributed by atoms with van der Waals surface area (Å²) in [5.41, 5.74) is 2.46. The highest BCUT2D eigenvalue weighted by molar-refractivity contribution is 5.94. The first-order chi connectivity index (χ1) is 12.1. The van der Waals surface area contributed by atoms with E-state index in [1.807, 2.05) is 37.3 Å². The quantitative estimate of drug-likeness (QED) is 0.665. The SMILES string of the molecule is Cc1c[nH]c(=O)n1-c1ccc(C(=O)NC[C@@H](O)c2ccccc2)cc1. The molecule has 3 rings (SSSR count). The summed E-state index contributed by atoms with van der Waals surface area (Å²) in [6, 6.07) is 15.9. The van der Waals surface area contributed by atoms with Crippen molar-refractivity contribution in [2.75, 3.05) is 6.54 Å². The van der Waals surface area contributed by atoms with E-state index in [0.717, 1.165) is 11.3 Å². The van der Waals surface area contributed by atoms with E-state index in [1.54, 1.807) is 30.5 Å². The van der Waals surface area contributed by atoms with Crippen molar-refractivity contribution < 1.29 is 9.90 Å². The largest absolute Gasteiger partial charge is 0.387 e. The third-order valence-electron chi connectivity index (χ3n) is 3.99. The van der Waals surface area contributed by atoms with Gasteiger partial charge in [0.25, 0.3) is 5.91 Å². The Morgan fingerprint density at radius 3 is 2.44 bits per heavy atom. The number of H-pyrrole nitrogens is 1. The van der Waals surface area contributed by atoms with Gasteiger partial charge in [0.05, 0.1) is 11.8 Å². The van der Waals surface area contributed by atoms with E-state index in [1.165, 1.54) is 4.57 Å². The van der Waals surface area contributed by atoms with Gasteiger partial charge in [-0.05, 0) is 36.8 Å². The van der Waals surface area contributed by atoms with Crippen molar-refractivity contribution in [1.82, 2.24) is 14.9 Å². The number of aromatic nitrogens is 2. The molecule has 0 bridgehead atoms. The Balaban J connectivity index is 1.66. The second kappa shape index (κ2) is 7.19. The minimum absolute atomic E-state index is 0.126. The maximum atomic E-state index is 12.2. The summed E-state index contributed by atoms with van der Waals surface area (Å²) in [6.07, 6.45) is 0.874. The summed E-state index contributed by atoms with van der Waals surface area (Å²) in [6.45, 7) is 1.95. The summed E-state index contributed by atoms with van der Waals surface area (Å²) in [7, 11) is 0. The van der Waals surface area contributed by atoms with E-state index in [4.69, 9.17) is 0 Å². The van der Waals surface area contributed by atoms with Crippen LogP contribution in [0, 0.1) is 6.92 Å². The highest BCUT2D eigenvalue weighted by atomic mass is 16.3. The molecular formula is C19H19N3O3. The van der Waals surface area contributed by atoms with Gasteiger partial charge < -0.3 is 15.4 Å². The molecule has 1 atom stereocenters. The number of amides is 1. The van der Waals surface area contributed by atoms with Crippen molar-refractivity contribution in [3.8, 4) is 5.69 Å². The molecule has 0 saturated carbocycles. The molecule has 1 amide bonds. The van der Waals surface area contributed by atoms with Gasteiger partial charge in [-0.25, -0.2) is 4.79 Å². The second-order valence-electron chi connectivity index (χ2n) is 5.75. The Morgan fingerprint density at radius 1 is 1.16 bits per heavy atom. The number of carbonyl (C=O) groups excluding carboxylic acids is 1. The van der Waals surface area contributed by atoms with Gasteiger partial charge in [0.2, 0.25) is 0 Å². The molecule has 0 fully saturated rings. The summed E-state index contributed by atoms with van der Waals surface area (Å²) >= 11 is 0. The molecule has 2 aromatic carbocycles. The Kier molecular flexibility index (Phi) is 4.81. The van der Waals surface area contributed by atoms with Crippen LogP contribution in [0.4, 0.5) is 0 Å². The van der Waals surface area contributed by atoms with Gasteiger partial charge in [-0.1, -0.05) is 30.3 Å². The van der Waals surface area contributed by atoms with Crippen LogP contribution in [0.2, 0.25) is 0 Å². The van der Waals surface area contributed by atoms with E-state index >= 15 is 0 Å². The molecule has 128 valence electrons. The Morgan fingerprint density at radius 2 is 1.84 bits per heavy atom. The lowest BCUT2D eigenvalue weighted by Crippen LogP contribution is -2.28. The van der Waals surface area contributed by atoms with Crippen LogP contribution < -0.4 is 11.0 Å². The Labute approximate surface area is 144 Å². The topological polar surface area (TPSA) is 87.1 Å². The smallest absolute Gasteiger partial charge is 0.330 e. The highest BCUT2D eigenvalue weighted by Gasteiger charge is 2.11. The van der Waals surface area contributed by atoms with Gasteiger partial charge in [-0.15, -0.1) is 0 Å². The van der Waals surface area contributed by atoms with E-state index < -0.39 is 6.10 Å². The second-order valence-corrected chi connectivity index (χ2v) is 5.75. The molecule has 6 nitrogen and oxygen atoms in total. The zero-order chi connectivity index (χ0) is 17.8. The van der Waals surface area contributed by atoms with E-state index in [-0.39, 0.29) is 18.1 Å². The number of carbonyl (C=O) groups is 1. The molecule has 25 heavy (non-hydrogen) atoms. The molecule has 0 aliphatic carbocycles. The van der Waals surface area contributed by atoms with Crippen LogP contribution in [0.1, 0.15) is 27.7 Å². The van der Waals surface area contributed by atoms with Gasteiger partial charge >= 0.3 is 5.69 Å². The average Bonchev–Trinajstić information content (AvgIpc) is 2.98. The standard InChI is InChI=1S/C19H19N3O3/c1-13-11-21-19(25)22(13)16-9-7-15(8-10-16)18(24)20-12-17(23)14-5-3-2-4-6-14/h2-11,17,23H,12H2,1H3,(H,20,24)(H,21,25)/t17-/m1/s1. The number of aromatic amines is 1. The molecule has 6 heteroatoms. The third kappa shape index (κ3) is 3.70. The number of nitrogens with zero attached hydrogens (tertiary/aromatic N) is 1. The number of nitrogens with one attached hydrogen (secondary N) is 2. The lowest BCUT2D eigenvalue weighted by molar-refractivity contribution is 0.0916. The van der Waals surface area contributed by atoms with Crippen molar-refractivity contribution in [2.45, 2.75) is 13.0 Å². The summed E-state index contributed by atoms with van der Waals surface area (Å²) < 4.78 is 1.53. The van der Waals surface area contributed by atoms with Crippen molar-refractivity contribution >= 4 is 5.91 Å². The lowest BCUT2D eigenvalue weighted by Gasteiger charge is -2.12. The van der Waals surface area contributed by atoms with Crippen LogP contribution in [0.15, 0.2) is 65.6 Å². The van der Waals surface area contributed by atoms with Gasteiger partial charge in [0.15, 0.2) is 0 Å².